The van der Waals surface area contributed by atoms with Gasteiger partial charge < -0.3 is 14.8 Å². The summed E-state index contributed by atoms with van der Waals surface area (Å²) in [6, 6.07) is 15.4. The number of fused-ring (bicyclic) bond motifs is 1. The summed E-state index contributed by atoms with van der Waals surface area (Å²) < 4.78 is 11.6. The standard InChI is InChI=1S/C19H21N3O4/c1-20-19(24)22-18(23)17(13-7-3-2-4-8-13)21-11-14-12-25-15-9-5-6-10-16(15)26-14/h2-10,14,17,21H,11-12H2,1H3,(H2,20,22,23,24)/t14-,17+/m0/s1. The highest BCUT2D eigenvalue weighted by molar-refractivity contribution is 5.97. The average Bonchev–Trinajstić information content (AvgIpc) is 2.68. The van der Waals surface area contributed by atoms with Crippen LogP contribution in [-0.4, -0.2) is 38.2 Å². The number of ether oxygens (including phenoxy) is 2. The Balaban J connectivity index is 1.66. The lowest BCUT2D eigenvalue weighted by Crippen LogP contribution is -2.47. The normalized spacial score (nSPS) is 16.4. The van der Waals surface area contributed by atoms with Gasteiger partial charge in [-0.3, -0.25) is 15.4 Å². The molecule has 26 heavy (non-hydrogen) atoms. The molecule has 3 amide bonds. The summed E-state index contributed by atoms with van der Waals surface area (Å²) >= 11 is 0. The summed E-state index contributed by atoms with van der Waals surface area (Å²) in [4.78, 5) is 24.0. The molecule has 0 spiro atoms. The van der Waals surface area contributed by atoms with E-state index < -0.39 is 18.0 Å². The molecule has 0 aliphatic carbocycles. The largest absolute Gasteiger partial charge is 0.486 e. The minimum absolute atomic E-state index is 0.246. The van der Waals surface area contributed by atoms with Crippen LogP contribution >= 0.6 is 0 Å². The van der Waals surface area contributed by atoms with Gasteiger partial charge in [0.05, 0.1) is 0 Å². The van der Waals surface area contributed by atoms with Gasteiger partial charge in [-0.25, -0.2) is 4.79 Å². The summed E-state index contributed by atoms with van der Waals surface area (Å²) in [5.41, 5.74) is 0.756. The van der Waals surface area contributed by atoms with E-state index >= 15 is 0 Å². The van der Waals surface area contributed by atoms with Gasteiger partial charge in [0, 0.05) is 13.6 Å². The lowest BCUT2D eigenvalue weighted by Gasteiger charge is -2.28. The van der Waals surface area contributed by atoms with Crippen molar-refractivity contribution in [1.82, 2.24) is 16.0 Å². The second-order valence-corrected chi connectivity index (χ2v) is 5.82. The number of carbonyl (C=O) groups excluding carboxylic acids is 2. The molecule has 0 fully saturated rings. The fourth-order valence-corrected chi connectivity index (χ4v) is 2.67. The molecule has 0 unspecified atom stereocenters. The maximum absolute atomic E-state index is 12.5. The van der Waals surface area contributed by atoms with Crippen LogP contribution < -0.4 is 25.4 Å². The van der Waals surface area contributed by atoms with Gasteiger partial charge >= 0.3 is 6.03 Å². The number of para-hydroxylation sites is 2. The molecule has 0 bridgehead atoms. The average molecular weight is 355 g/mol. The van der Waals surface area contributed by atoms with Crippen molar-refractivity contribution in [2.75, 3.05) is 20.2 Å². The van der Waals surface area contributed by atoms with Crippen molar-refractivity contribution in [2.24, 2.45) is 0 Å². The van der Waals surface area contributed by atoms with Gasteiger partial charge in [-0.05, 0) is 17.7 Å². The lowest BCUT2D eigenvalue weighted by atomic mass is 10.1. The molecule has 2 aromatic rings. The summed E-state index contributed by atoms with van der Waals surface area (Å²) in [5.74, 6) is 0.949. The first-order chi connectivity index (χ1) is 12.7. The maximum atomic E-state index is 12.5. The summed E-state index contributed by atoms with van der Waals surface area (Å²) in [6.07, 6.45) is -0.246. The highest BCUT2D eigenvalue weighted by Gasteiger charge is 2.26. The zero-order valence-electron chi connectivity index (χ0n) is 14.4. The molecule has 1 heterocycles. The van der Waals surface area contributed by atoms with Crippen molar-refractivity contribution < 1.29 is 19.1 Å². The molecule has 3 N–H and O–H groups in total. The third-order valence-corrected chi connectivity index (χ3v) is 3.98. The Morgan fingerprint density at radius 1 is 1.08 bits per heavy atom. The number of amides is 3. The van der Waals surface area contributed by atoms with E-state index in [4.69, 9.17) is 9.47 Å². The van der Waals surface area contributed by atoms with E-state index in [0.717, 1.165) is 5.56 Å². The van der Waals surface area contributed by atoms with Crippen molar-refractivity contribution in [3.8, 4) is 11.5 Å². The first-order valence-corrected chi connectivity index (χ1v) is 8.36. The van der Waals surface area contributed by atoms with Crippen LogP contribution in [-0.2, 0) is 4.79 Å². The van der Waals surface area contributed by atoms with Crippen LogP contribution in [0.3, 0.4) is 0 Å². The van der Waals surface area contributed by atoms with Gasteiger partial charge in [0.1, 0.15) is 18.8 Å². The molecule has 0 radical (unpaired) electrons. The van der Waals surface area contributed by atoms with Crippen molar-refractivity contribution in [1.29, 1.82) is 0 Å². The van der Waals surface area contributed by atoms with Crippen molar-refractivity contribution in [3.05, 3.63) is 60.2 Å². The molecular formula is C19H21N3O4. The topological polar surface area (TPSA) is 88.7 Å². The van der Waals surface area contributed by atoms with Crippen LogP contribution in [0, 0.1) is 0 Å². The summed E-state index contributed by atoms with van der Waals surface area (Å²) in [5, 5.41) is 7.85. The lowest BCUT2D eigenvalue weighted by molar-refractivity contribution is -0.122. The Hall–Kier alpha value is -3.06. The number of nitrogens with one attached hydrogen (secondary N) is 3. The fourth-order valence-electron chi connectivity index (χ4n) is 2.67. The zero-order valence-corrected chi connectivity index (χ0v) is 14.4. The summed E-state index contributed by atoms with van der Waals surface area (Å²) in [7, 11) is 1.46. The van der Waals surface area contributed by atoms with Crippen LogP contribution in [0.25, 0.3) is 0 Å². The highest BCUT2D eigenvalue weighted by atomic mass is 16.6. The smallest absolute Gasteiger partial charge is 0.321 e. The third-order valence-electron chi connectivity index (χ3n) is 3.98. The van der Waals surface area contributed by atoms with E-state index in [9.17, 15) is 9.59 Å². The molecule has 1 aliphatic heterocycles. The van der Waals surface area contributed by atoms with Crippen LogP contribution in [0.4, 0.5) is 4.79 Å². The predicted octanol–water partition coefficient (Wildman–Crippen LogP) is 1.61. The number of imide groups is 1. The van der Waals surface area contributed by atoms with E-state index in [1.165, 1.54) is 7.05 Å². The van der Waals surface area contributed by atoms with Gasteiger partial charge in [-0.15, -0.1) is 0 Å². The van der Waals surface area contributed by atoms with Crippen molar-refractivity contribution >= 4 is 11.9 Å². The minimum atomic E-state index is -0.686. The van der Waals surface area contributed by atoms with Gasteiger partial charge in [0.2, 0.25) is 5.91 Å². The second-order valence-electron chi connectivity index (χ2n) is 5.82. The molecule has 136 valence electrons. The van der Waals surface area contributed by atoms with E-state index in [1.807, 2.05) is 54.6 Å². The Kier molecular flexibility index (Phi) is 5.70. The molecule has 3 rings (SSSR count). The van der Waals surface area contributed by atoms with E-state index in [1.54, 1.807) is 0 Å². The SMILES string of the molecule is CNC(=O)NC(=O)[C@H](NC[C@H]1COc2ccccc2O1)c1ccccc1. The van der Waals surface area contributed by atoms with E-state index in [0.29, 0.717) is 24.7 Å². The number of urea groups is 1. The second kappa shape index (κ2) is 8.35. The van der Waals surface area contributed by atoms with Gasteiger partial charge in [-0.2, -0.15) is 0 Å². The molecule has 0 saturated heterocycles. The van der Waals surface area contributed by atoms with E-state index in [-0.39, 0.29) is 6.10 Å². The number of benzene rings is 2. The molecule has 0 saturated carbocycles. The van der Waals surface area contributed by atoms with Crippen molar-refractivity contribution in [3.63, 3.8) is 0 Å². The molecule has 7 heteroatoms. The number of carbonyl (C=O) groups is 2. The van der Waals surface area contributed by atoms with Crippen LogP contribution in [0.1, 0.15) is 11.6 Å². The van der Waals surface area contributed by atoms with Crippen LogP contribution in [0.2, 0.25) is 0 Å². The molecule has 0 aromatic heterocycles. The molecule has 2 atom stereocenters. The molecular weight excluding hydrogens is 334 g/mol. The predicted molar refractivity (Wildman–Crippen MR) is 96.1 cm³/mol. The van der Waals surface area contributed by atoms with E-state index in [2.05, 4.69) is 16.0 Å². The van der Waals surface area contributed by atoms with Crippen molar-refractivity contribution in [2.45, 2.75) is 12.1 Å². The zero-order chi connectivity index (χ0) is 18.4. The number of hydrogen-bond acceptors (Lipinski definition) is 5. The Labute approximate surface area is 151 Å². The van der Waals surface area contributed by atoms with Gasteiger partial charge in [0.15, 0.2) is 11.5 Å². The molecule has 1 aliphatic rings. The first kappa shape index (κ1) is 17.8. The Bertz CT molecular complexity index is 766. The Morgan fingerprint density at radius 3 is 2.50 bits per heavy atom. The fraction of sp³-hybridized carbons (Fsp3) is 0.263. The Morgan fingerprint density at radius 2 is 1.77 bits per heavy atom. The molecule has 7 nitrogen and oxygen atoms in total. The quantitative estimate of drug-likeness (QED) is 0.758. The monoisotopic (exact) mass is 355 g/mol. The number of rotatable bonds is 5. The molecule has 2 aromatic carbocycles. The first-order valence-electron chi connectivity index (χ1n) is 8.36. The number of hydrogen-bond donors (Lipinski definition) is 3. The van der Waals surface area contributed by atoms with Crippen LogP contribution in [0.15, 0.2) is 54.6 Å². The third kappa shape index (κ3) is 4.31. The maximum Gasteiger partial charge on any atom is 0.321 e. The van der Waals surface area contributed by atoms with Crippen LogP contribution in [0.5, 0.6) is 11.5 Å². The highest BCUT2D eigenvalue weighted by Crippen LogP contribution is 2.30. The minimum Gasteiger partial charge on any atom is -0.486 e. The van der Waals surface area contributed by atoms with Gasteiger partial charge in [-0.1, -0.05) is 42.5 Å². The summed E-state index contributed by atoms with van der Waals surface area (Å²) in [6.45, 7) is 0.762. The van der Waals surface area contributed by atoms with Gasteiger partial charge in [0.25, 0.3) is 0 Å².